The molecular weight excluding hydrogens is 333 g/mol. The Hall–Kier alpha value is -3.13. The maximum Gasteiger partial charge on any atom is 0.123 e. The Bertz CT molecular complexity index is 964. The van der Waals surface area contributed by atoms with Crippen LogP contribution in [-0.4, -0.2) is 0 Å². The van der Waals surface area contributed by atoms with Gasteiger partial charge in [-0.05, 0) is 66.1 Å². The molecule has 0 aromatic heterocycles. The number of allylic oxidation sites excluding steroid dienone is 2. The highest BCUT2D eigenvalue weighted by Gasteiger charge is 2.22. The first kappa shape index (κ1) is 17.3. The van der Waals surface area contributed by atoms with Gasteiger partial charge in [0.05, 0.1) is 0 Å². The SMILES string of the molecule is CC1=C(N(c2ccccc2)c2ccccc2)C=Cc2ccc(F)cc2C1C. The van der Waals surface area contributed by atoms with Gasteiger partial charge in [-0.3, -0.25) is 0 Å². The van der Waals surface area contributed by atoms with Crippen molar-refractivity contribution in [3.05, 3.63) is 113 Å². The second-order valence-electron chi connectivity index (χ2n) is 6.90. The van der Waals surface area contributed by atoms with E-state index in [1.54, 1.807) is 6.07 Å². The van der Waals surface area contributed by atoms with E-state index in [1.807, 2.05) is 18.2 Å². The molecule has 0 heterocycles. The van der Waals surface area contributed by atoms with E-state index in [0.29, 0.717) is 0 Å². The monoisotopic (exact) mass is 355 g/mol. The number of benzene rings is 3. The zero-order valence-electron chi connectivity index (χ0n) is 15.6. The van der Waals surface area contributed by atoms with Gasteiger partial charge >= 0.3 is 0 Å². The van der Waals surface area contributed by atoms with Crippen LogP contribution in [0.5, 0.6) is 0 Å². The molecule has 0 fully saturated rings. The number of nitrogens with zero attached hydrogens (tertiary/aromatic N) is 1. The van der Waals surface area contributed by atoms with E-state index in [9.17, 15) is 4.39 Å². The molecule has 3 aromatic carbocycles. The van der Waals surface area contributed by atoms with E-state index in [2.05, 4.69) is 79.4 Å². The second kappa shape index (κ2) is 7.24. The molecule has 2 heteroatoms. The van der Waals surface area contributed by atoms with Crippen LogP contribution in [-0.2, 0) is 0 Å². The van der Waals surface area contributed by atoms with Crippen molar-refractivity contribution in [2.75, 3.05) is 4.90 Å². The summed E-state index contributed by atoms with van der Waals surface area (Å²) in [5, 5.41) is 0. The average molecular weight is 355 g/mol. The first-order valence-electron chi connectivity index (χ1n) is 9.23. The summed E-state index contributed by atoms with van der Waals surface area (Å²) < 4.78 is 13.9. The highest BCUT2D eigenvalue weighted by Crippen LogP contribution is 2.39. The molecule has 1 atom stereocenters. The zero-order valence-corrected chi connectivity index (χ0v) is 15.6. The zero-order chi connectivity index (χ0) is 18.8. The van der Waals surface area contributed by atoms with Crippen molar-refractivity contribution in [1.82, 2.24) is 0 Å². The Balaban J connectivity index is 1.90. The van der Waals surface area contributed by atoms with Crippen LogP contribution in [0.25, 0.3) is 6.08 Å². The van der Waals surface area contributed by atoms with Crippen molar-refractivity contribution < 1.29 is 4.39 Å². The third kappa shape index (κ3) is 3.31. The molecule has 0 amide bonds. The van der Waals surface area contributed by atoms with Gasteiger partial charge in [-0.1, -0.05) is 55.5 Å². The van der Waals surface area contributed by atoms with Gasteiger partial charge in [-0.15, -0.1) is 0 Å². The summed E-state index contributed by atoms with van der Waals surface area (Å²) in [4.78, 5) is 2.27. The Labute approximate surface area is 160 Å². The van der Waals surface area contributed by atoms with Gasteiger partial charge in [0.2, 0.25) is 0 Å². The Morgan fingerprint density at radius 2 is 1.37 bits per heavy atom. The molecule has 134 valence electrons. The number of para-hydroxylation sites is 2. The fourth-order valence-corrected chi connectivity index (χ4v) is 3.66. The molecule has 27 heavy (non-hydrogen) atoms. The van der Waals surface area contributed by atoms with Gasteiger partial charge in [0.15, 0.2) is 0 Å². The van der Waals surface area contributed by atoms with Crippen molar-refractivity contribution in [1.29, 1.82) is 0 Å². The topological polar surface area (TPSA) is 3.24 Å². The van der Waals surface area contributed by atoms with Gasteiger partial charge < -0.3 is 4.90 Å². The number of fused-ring (bicyclic) bond motifs is 1. The molecule has 0 saturated carbocycles. The third-order valence-corrected chi connectivity index (χ3v) is 5.26. The molecule has 0 spiro atoms. The standard InChI is InChI=1S/C25H22FN/c1-18-19(2)25(16-14-20-13-15-21(26)17-24(18)20)27(22-9-5-3-6-10-22)23-11-7-4-8-12-23/h3-18H,1-2H3. The molecule has 4 rings (SSSR count). The van der Waals surface area contributed by atoms with Gasteiger partial charge in [0.25, 0.3) is 0 Å². The fourth-order valence-electron chi connectivity index (χ4n) is 3.66. The third-order valence-electron chi connectivity index (χ3n) is 5.26. The van der Waals surface area contributed by atoms with Crippen LogP contribution >= 0.6 is 0 Å². The summed E-state index contributed by atoms with van der Waals surface area (Å²) in [6.07, 6.45) is 4.24. The number of rotatable bonds is 3. The van der Waals surface area contributed by atoms with Crippen LogP contribution in [0.3, 0.4) is 0 Å². The molecule has 3 aromatic rings. The Morgan fingerprint density at radius 3 is 1.96 bits per heavy atom. The van der Waals surface area contributed by atoms with E-state index in [4.69, 9.17) is 0 Å². The predicted octanol–water partition coefficient (Wildman–Crippen LogP) is 7.07. The summed E-state index contributed by atoms with van der Waals surface area (Å²) in [6.45, 7) is 4.29. The lowest BCUT2D eigenvalue weighted by Gasteiger charge is -2.29. The molecule has 0 N–H and O–H groups in total. The highest BCUT2D eigenvalue weighted by molar-refractivity contribution is 5.74. The summed E-state index contributed by atoms with van der Waals surface area (Å²) in [5.41, 5.74) is 6.64. The quantitative estimate of drug-likeness (QED) is 0.486. The molecule has 0 radical (unpaired) electrons. The molecule has 1 unspecified atom stereocenters. The second-order valence-corrected chi connectivity index (χ2v) is 6.90. The van der Waals surface area contributed by atoms with Crippen LogP contribution in [0, 0.1) is 5.82 Å². The van der Waals surface area contributed by atoms with Crippen LogP contribution < -0.4 is 4.90 Å². The summed E-state index contributed by atoms with van der Waals surface area (Å²) in [6, 6.07) is 25.8. The summed E-state index contributed by atoms with van der Waals surface area (Å²) in [5.74, 6) is -0.0659. The van der Waals surface area contributed by atoms with Gasteiger partial charge in [-0.2, -0.15) is 0 Å². The molecule has 0 aliphatic heterocycles. The average Bonchev–Trinajstić information content (AvgIpc) is 2.82. The van der Waals surface area contributed by atoms with Gasteiger partial charge in [0, 0.05) is 23.0 Å². The summed E-state index contributed by atoms with van der Waals surface area (Å²) >= 11 is 0. The number of anilines is 2. The van der Waals surface area contributed by atoms with Crippen LogP contribution in [0.4, 0.5) is 15.8 Å². The molecule has 1 aliphatic rings. The van der Waals surface area contributed by atoms with E-state index in [0.717, 1.165) is 28.2 Å². The van der Waals surface area contributed by atoms with Crippen molar-refractivity contribution in [2.24, 2.45) is 0 Å². The van der Waals surface area contributed by atoms with Gasteiger partial charge in [-0.25, -0.2) is 4.39 Å². The van der Waals surface area contributed by atoms with Gasteiger partial charge in [0.1, 0.15) is 5.82 Å². The first-order valence-corrected chi connectivity index (χ1v) is 9.23. The van der Waals surface area contributed by atoms with Crippen molar-refractivity contribution in [2.45, 2.75) is 19.8 Å². The fraction of sp³-hybridized carbons (Fsp3) is 0.120. The van der Waals surface area contributed by atoms with Crippen LogP contribution in [0.15, 0.2) is 96.2 Å². The van der Waals surface area contributed by atoms with Crippen LogP contribution in [0.2, 0.25) is 0 Å². The van der Waals surface area contributed by atoms with Crippen LogP contribution in [0.1, 0.15) is 30.9 Å². The van der Waals surface area contributed by atoms with Crippen molar-refractivity contribution in [3.8, 4) is 0 Å². The first-order chi connectivity index (χ1) is 13.1. The van der Waals surface area contributed by atoms with E-state index < -0.39 is 0 Å². The summed E-state index contributed by atoms with van der Waals surface area (Å²) in [7, 11) is 0. The van der Waals surface area contributed by atoms with Crippen molar-refractivity contribution >= 4 is 17.5 Å². The minimum Gasteiger partial charge on any atom is -0.311 e. The number of hydrogen-bond donors (Lipinski definition) is 0. The highest BCUT2D eigenvalue weighted by atomic mass is 19.1. The number of hydrogen-bond acceptors (Lipinski definition) is 1. The number of halogens is 1. The predicted molar refractivity (Wildman–Crippen MR) is 112 cm³/mol. The van der Waals surface area contributed by atoms with E-state index in [1.165, 1.54) is 11.6 Å². The smallest absolute Gasteiger partial charge is 0.123 e. The lowest BCUT2D eigenvalue weighted by Crippen LogP contribution is -2.17. The van der Waals surface area contributed by atoms with E-state index >= 15 is 0 Å². The van der Waals surface area contributed by atoms with E-state index in [-0.39, 0.29) is 11.7 Å². The molecule has 0 saturated heterocycles. The normalized spacial score (nSPS) is 16.0. The minimum absolute atomic E-state index is 0.121. The lowest BCUT2D eigenvalue weighted by molar-refractivity contribution is 0.623. The maximum atomic E-state index is 13.9. The molecule has 0 bridgehead atoms. The van der Waals surface area contributed by atoms with Crippen molar-refractivity contribution in [3.63, 3.8) is 0 Å². The Morgan fingerprint density at radius 1 is 0.778 bits per heavy atom. The largest absolute Gasteiger partial charge is 0.311 e. The molecule has 1 nitrogen and oxygen atoms in total. The Kier molecular flexibility index (Phi) is 4.64. The maximum absolute atomic E-state index is 13.9. The molecule has 1 aliphatic carbocycles. The lowest BCUT2D eigenvalue weighted by atomic mass is 9.90. The molecular formula is C25H22FN. The minimum atomic E-state index is -0.187.